The van der Waals surface area contributed by atoms with Crippen molar-refractivity contribution in [1.82, 2.24) is 5.16 Å². The van der Waals surface area contributed by atoms with Gasteiger partial charge in [0.2, 0.25) is 0 Å². The van der Waals surface area contributed by atoms with Gasteiger partial charge in [0.15, 0.2) is 0 Å². The maximum absolute atomic E-state index is 5.74. The average molecular weight is 251 g/mol. The van der Waals surface area contributed by atoms with E-state index in [1.807, 2.05) is 42.5 Å². The molecule has 1 radical (unpaired) electrons. The molecule has 0 spiro atoms. The molecular weight excluding hydrogens is 240 g/mol. The van der Waals surface area contributed by atoms with Crippen molar-refractivity contribution in [2.75, 3.05) is 5.73 Å². The summed E-state index contributed by atoms with van der Waals surface area (Å²) in [4.78, 5) is 0. The number of rotatable bonds is 3. The van der Waals surface area contributed by atoms with Gasteiger partial charge in [0, 0.05) is 11.6 Å². The van der Waals surface area contributed by atoms with E-state index in [2.05, 4.69) is 11.2 Å². The van der Waals surface area contributed by atoms with Crippen molar-refractivity contribution in [3.8, 4) is 22.8 Å². The molecule has 0 aliphatic carbocycles. The van der Waals surface area contributed by atoms with Crippen molar-refractivity contribution in [2.24, 2.45) is 0 Å². The Labute approximate surface area is 110 Å². The summed E-state index contributed by atoms with van der Waals surface area (Å²) in [6, 6.07) is 17.9. The van der Waals surface area contributed by atoms with E-state index < -0.39 is 0 Å². The third-order valence-corrected chi connectivity index (χ3v) is 2.63. The molecule has 3 aromatic rings. The summed E-state index contributed by atoms with van der Waals surface area (Å²) in [5.74, 6) is 1.41. The minimum atomic E-state index is 0.519. The SMILES string of the molecule is Nc1conc1-c1ccc(Oc2[c]cccc2)cc1. The van der Waals surface area contributed by atoms with E-state index in [9.17, 15) is 0 Å². The van der Waals surface area contributed by atoms with Crippen LogP contribution in [0.4, 0.5) is 5.69 Å². The normalized spacial score (nSPS) is 10.3. The minimum absolute atomic E-state index is 0.519. The molecule has 3 rings (SSSR count). The number of anilines is 1. The van der Waals surface area contributed by atoms with Crippen LogP contribution in [0.1, 0.15) is 0 Å². The van der Waals surface area contributed by atoms with E-state index in [0.717, 1.165) is 11.3 Å². The summed E-state index contributed by atoms with van der Waals surface area (Å²) in [6.45, 7) is 0. The molecule has 4 nitrogen and oxygen atoms in total. The molecule has 0 unspecified atom stereocenters. The maximum atomic E-state index is 5.74. The summed E-state index contributed by atoms with van der Waals surface area (Å²) in [5.41, 5.74) is 7.78. The van der Waals surface area contributed by atoms with Gasteiger partial charge in [-0.3, -0.25) is 0 Å². The second-order valence-electron chi connectivity index (χ2n) is 3.97. The highest BCUT2D eigenvalue weighted by Gasteiger charge is 2.07. The summed E-state index contributed by atoms with van der Waals surface area (Å²) >= 11 is 0. The van der Waals surface area contributed by atoms with E-state index >= 15 is 0 Å². The van der Waals surface area contributed by atoms with Gasteiger partial charge >= 0.3 is 0 Å². The van der Waals surface area contributed by atoms with Crippen molar-refractivity contribution in [2.45, 2.75) is 0 Å². The number of nitrogen functional groups attached to an aromatic ring is 1. The van der Waals surface area contributed by atoms with Crippen LogP contribution >= 0.6 is 0 Å². The highest BCUT2D eigenvalue weighted by atomic mass is 16.5. The largest absolute Gasteiger partial charge is 0.457 e. The van der Waals surface area contributed by atoms with Gasteiger partial charge in [-0.2, -0.15) is 0 Å². The second kappa shape index (κ2) is 4.86. The molecule has 4 heteroatoms. The Bertz CT molecular complexity index is 660. The van der Waals surface area contributed by atoms with Crippen molar-refractivity contribution < 1.29 is 9.26 Å². The topological polar surface area (TPSA) is 61.3 Å². The van der Waals surface area contributed by atoms with Gasteiger partial charge < -0.3 is 15.0 Å². The lowest BCUT2D eigenvalue weighted by molar-refractivity contribution is 0.422. The molecule has 19 heavy (non-hydrogen) atoms. The fraction of sp³-hybridized carbons (Fsp3) is 0. The van der Waals surface area contributed by atoms with Crippen LogP contribution in [-0.4, -0.2) is 5.16 Å². The minimum Gasteiger partial charge on any atom is -0.457 e. The fourth-order valence-electron chi connectivity index (χ4n) is 1.71. The van der Waals surface area contributed by atoms with Crippen LogP contribution in [0.2, 0.25) is 0 Å². The van der Waals surface area contributed by atoms with Crippen LogP contribution in [0, 0.1) is 6.07 Å². The molecule has 0 aliphatic heterocycles. The molecule has 1 aromatic heterocycles. The van der Waals surface area contributed by atoms with Crippen LogP contribution in [0.15, 0.2) is 59.3 Å². The van der Waals surface area contributed by atoms with Crippen molar-refractivity contribution in [1.29, 1.82) is 0 Å². The zero-order valence-electron chi connectivity index (χ0n) is 10.0. The predicted molar refractivity (Wildman–Crippen MR) is 71.7 cm³/mol. The Kier molecular flexibility index (Phi) is 2.90. The number of hydrogen-bond acceptors (Lipinski definition) is 4. The van der Waals surface area contributed by atoms with E-state index in [1.165, 1.54) is 6.26 Å². The number of benzene rings is 2. The Morgan fingerprint density at radius 2 is 1.95 bits per heavy atom. The van der Waals surface area contributed by atoms with Crippen LogP contribution < -0.4 is 10.5 Å². The number of nitrogens with two attached hydrogens (primary N) is 1. The standard InChI is InChI=1S/C15H11N2O2/c16-14-10-18-17-15(14)11-6-8-13(9-7-11)19-12-4-2-1-3-5-12/h1-4,6-10H,16H2. The maximum Gasteiger partial charge on any atom is 0.147 e. The van der Waals surface area contributed by atoms with Gasteiger partial charge in [-0.1, -0.05) is 23.4 Å². The molecule has 0 saturated carbocycles. The molecule has 1 heterocycles. The van der Waals surface area contributed by atoms with Crippen LogP contribution in [0.5, 0.6) is 11.5 Å². The lowest BCUT2D eigenvalue weighted by atomic mass is 10.1. The number of para-hydroxylation sites is 1. The number of hydrogen-bond donors (Lipinski definition) is 1. The second-order valence-corrected chi connectivity index (χ2v) is 3.97. The Morgan fingerprint density at radius 3 is 2.58 bits per heavy atom. The van der Waals surface area contributed by atoms with Crippen LogP contribution in [0.3, 0.4) is 0 Å². The first-order chi connectivity index (χ1) is 9.33. The predicted octanol–water partition coefficient (Wildman–Crippen LogP) is 3.52. The number of ether oxygens (including phenoxy) is 1. The summed E-state index contributed by atoms with van der Waals surface area (Å²) < 4.78 is 10.5. The van der Waals surface area contributed by atoms with Gasteiger partial charge in [0.1, 0.15) is 29.1 Å². The molecule has 2 N–H and O–H groups in total. The van der Waals surface area contributed by atoms with Crippen molar-refractivity contribution in [3.05, 3.63) is 60.9 Å². The molecule has 0 atom stereocenters. The van der Waals surface area contributed by atoms with Crippen LogP contribution in [0.25, 0.3) is 11.3 Å². The molecule has 0 saturated heterocycles. The monoisotopic (exact) mass is 251 g/mol. The summed E-state index contributed by atoms with van der Waals surface area (Å²) in [6.07, 6.45) is 1.42. The molecule has 93 valence electrons. The highest BCUT2D eigenvalue weighted by molar-refractivity contribution is 5.71. The summed E-state index contributed by atoms with van der Waals surface area (Å²) in [7, 11) is 0. The van der Waals surface area contributed by atoms with Gasteiger partial charge in [-0.05, 0) is 30.3 Å². The van der Waals surface area contributed by atoms with Crippen molar-refractivity contribution >= 4 is 5.69 Å². The number of nitrogens with zero attached hydrogens (tertiary/aromatic N) is 1. The molecular formula is C15H11N2O2. The Morgan fingerprint density at radius 1 is 1.11 bits per heavy atom. The first kappa shape index (κ1) is 11.3. The fourth-order valence-corrected chi connectivity index (χ4v) is 1.71. The molecule has 2 aromatic carbocycles. The molecule has 0 aliphatic rings. The van der Waals surface area contributed by atoms with Crippen LogP contribution in [-0.2, 0) is 0 Å². The first-order valence-corrected chi connectivity index (χ1v) is 5.78. The van der Waals surface area contributed by atoms with Crippen molar-refractivity contribution in [3.63, 3.8) is 0 Å². The van der Waals surface area contributed by atoms with E-state index in [0.29, 0.717) is 17.1 Å². The first-order valence-electron chi connectivity index (χ1n) is 5.78. The average Bonchev–Trinajstić information content (AvgIpc) is 2.87. The van der Waals surface area contributed by atoms with E-state index in [4.69, 9.17) is 15.0 Å². The van der Waals surface area contributed by atoms with Gasteiger partial charge in [-0.15, -0.1) is 0 Å². The molecule has 0 bridgehead atoms. The van der Waals surface area contributed by atoms with E-state index in [1.54, 1.807) is 6.07 Å². The quantitative estimate of drug-likeness (QED) is 0.773. The number of aromatic nitrogens is 1. The zero-order valence-corrected chi connectivity index (χ0v) is 10.0. The van der Waals surface area contributed by atoms with E-state index in [-0.39, 0.29) is 0 Å². The third-order valence-electron chi connectivity index (χ3n) is 2.63. The third kappa shape index (κ3) is 2.42. The summed E-state index contributed by atoms with van der Waals surface area (Å²) in [5, 5.41) is 3.85. The molecule has 0 amide bonds. The van der Waals surface area contributed by atoms with Gasteiger partial charge in [0.05, 0.1) is 0 Å². The lowest BCUT2D eigenvalue weighted by Crippen LogP contribution is -1.87. The molecule has 0 fully saturated rings. The van der Waals surface area contributed by atoms with Gasteiger partial charge in [-0.25, -0.2) is 0 Å². The van der Waals surface area contributed by atoms with Gasteiger partial charge in [0.25, 0.3) is 0 Å². The highest BCUT2D eigenvalue weighted by Crippen LogP contribution is 2.27. The zero-order chi connectivity index (χ0) is 13.1. The Hall–Kier alpha value is -2.75. The lowest BCUT2D eigenvalue weighted by Gasteiger charge is -2.05. The Balaban J connectivity index is 1.82. The smallest absolute Gasteiger partial charge is 0.147 e.